The minimum atomic E-state index is -3.37. The quantitative estimate of drug-likeness (QED) is 0.619. The first kappa shape index (κ1) is 17.4. The van der Waals surface area contributed by atoms with Crippen molar-refractivity contribution in [3.63, 3.8) is 0 Å². The second kappa shape index (κ2) is 7.92. The van der Waals surface area contributed by atoms with Crippen LogP contribution in [0.15, 0.2) is 0 Å². The highest BCUT2D eigenvalue weighted by atomic mass is 32.2. The largest absolute Gasteiger partial charge is 0.389 e. The van der Waals surface area contributed by atoms with Crippen LogP contribution in [0, 0.1) is 0 Å². The van der Waals surface area contributed by atoms with Crippen molar-refractivity contribution in [1.82, 2.24) is 9.62 Å². The molecule has 0 radical (unpaired) electrons. The number of aliphatic hydroxyl groups is 1. The molecule has 118 valence electrons. The molecule has 0 saturated carbocycles. The normalized spacial score (nSPS) is 21.9. The SMILES string of the molecule is CCCS(=O)(=O)N1CCCC1C(=O)NCC(O)COC. The highest BCUT2D eigenvalue weighted by Crippen LogP contribution is 2.21. The standard InChI is InChI=1S/C12H24N2O5S/c1-3-7-20(17,18)14-6-4-5-11(14)12(16)13-8-10(15)9-19-2/h10-11,15H,3-9H2,1-2H3,(H,13,16). The van der Waals surface area contributed by atoms with E-state index in [1.165, 1.54) is 11.4 Å². The Bertz CT molecular complexity index is 412. The maximum absolute atomic E-state index is 12.1. The number of carbonyl (C=O) groups is 1. The van der Waals surface area contributed by atoms with E-state index in [0.717, 1.165) is 0 Å². The number of nitrogens with one attached hydrogen (secondary N) is 1. The summed E-state index contributed by atoms with van der Waals surface area (Å²) in [5.41, 5.74) is 0. The maximum atomic E-state index is 12.1. The number of rotatable bonds is 8. The zero-order valence-electron chi connectivity index (χ0n) is 12.0. The van der Waals surface area contributed by atoms with Crippen molar-refractivity contribution >= 4 is 15.9 Å². The maximum Gasteiger partial charge on any atom is 0.238 e. The molecule has 0 aromatic rings. The Kier molecular flexibility index (Phi) is 6.87. The summed E-state index contributed by atoms with van der Waals surface area (Å²) in [6.45, 7) is 2.37. The highest BCUT2D eigenvalue weighted by molar-refractivity contribution is 7.89. The fraction of sp³-hybridized carbons (Fsp3) is 0.917. The van der Waals surface area contributed by atoms with E-state index < -0.39 is 22.2 Å². The molecule has 1 amide bonds. The molecular weight excluding hydrogens is 284 g/mol. The third kappa shape index (κ3) is 4.69. The molecule has 0 bridgehead atoms. The number of carbonyl (C=O) groups excluding carboxylic acids is 1. The van der Waals surface area contributed by atoms with Gasteiger partial charge in [0.1, 0.15) is 6.04 Å². The minimum Gasteiger partial charge on any atom is -0.389 e. The molecule has 1 aliphatic heterocycles. The first-order valence-corrected chi connectivity index (χ1v) is 8.47. The highest BCUT2D eigenvalue weighted by Gasteiger charge is 2.37. The summed E-state index contributed by atoms with van der Waals surface area (Å²) in [5, 5.41) is 12.1. The topological polar surface area (TPSA) is 95.9 Å². The van der Waals surface area contributed by atoms with E-state index in [1.54, 1.807) is 6.92 Å². The van der Waals surface area contributed by atoms with Crippen LogP contribution in [0.1, 0.15) is 26.2 Å². The van der Waals surface area contributed by atoms with Crippen LogP contribution in [0.3, 0.4) is 0 Å². The van der Waals surface area contributed by atoms with Gasteiger partial charge < -0.3 is 15.2 Å². The van der Waals surface area contributed by atoms with Crippen LogP contribution >= 0.6 is 0 Å². The van der Waals surface area contributed by atoms with Gasteiger partial charge in [0.05, 0.1) is 18.5 Å². The molecule has 2 N–H and O–H groups in total. The third-order valence-electron chi connectivity index (χ3n) is 3.20. The molecule has 2 atom stereocenters. The zero-order valence-corrected chi connectivity index (χ0v) is 12.9. The Hall–Kier alpha value is -0.700. The molecule has 7 nitrogen and oxygen atoms in total. The van der Waals surface area contributed by atoms with Crippen molar-refractivity contribution in [3.8, 4) is 0 Å². The monoisotopic (exact) mass is 308 g/mol. The molecule has 20 heavy (non-hydrogen) atoms. The lowest BCUT2D eigenvalue weighted by Gasteiger charge is -2.23. The van der Waals surface area contributed by atoms with Crippen LogP contribution in [-0.4, -0.2) is 68.4 Å². The van der Waals surface area contributed by atoms with Gasteiger partial charge in [-0.3, -0.25) is 4.79 Å². The molecule has 1 rings (SSSR count). The number of sulfonamides is 1. The van der Waals surface area contributed by atoms with Gasteiger partial charge in [0.25, 0.3) is 0 Å². The van der Waals surface area contributed by atoms with E-state index in [1.807, 2.05) is 0 Å². The summed E-state index contributed by atoms with van der Waals surface area (Å²) >= 11 is 0. The van der Waals surface area contributed by atoms with E-state index in [0.29, 0.717) is 25.8 Å². The number of nitrogens with zero attached hydrogens (tertiary/aromatic N) is 1. The van der Waals surface area contributed by atoms with Crippen LogP contribution in [0.25, 0.3) is 0 Å². The molecule has 1 saturated heterocycles. The van der Waals surface area contributed by atoms with E-state index in [2.05, 4.69) is 5.32 Å². The Morgan fingerprint density at radius 2 is 2.25 bits per heavy atom. The van der Waals surface area contributed by atoms with Crippen molar-refractivity contribution in [1.29, 1.82) is 0 Å². The summed E-state index contributed by atoms with van der Waals surface area (Å²) in [4.78, 5) is 12.0. The Labute approximate surface area is 120 Å². The van der Waals surface area contributed by atoms with Crippen molar-refractivity contribution in [3.05, 3.63) is 0 Å². The van der Waals surface area contributed by atoms with Gasteiger partial charge in [0.15, 0.2) is 0 Å². The Balaban J connectivity index is 2.58. The number of hydrogen-bond acceptors (Lipinski definition) is 5. The van der Waals surface area contributed by atoms with Gasteiger partial charge in [-0.2, -0.15) is 4.31 Å². The van der Waals surface area contributed by atoms with Crippen molar-refractivity contribution in [2.24, 2.45) is 0 Å². The molecule has 8 heteroatoms. The molecular formula is C12H24N2O5S. The van der Waals surface area contributed by atoms with Crippen molar-refractivity contribution in [2.75, 3.05) is 32.6 Å². The van der Waals surface area contributed by atoms with Gasteiger partial charge in [-0.25, -0.2) is 8.42 Å². The second-order valence-corrected chi connectivity index (χ2v) is 6.98. The zero-order chi connectivity index (χ0) is 15.2. The molecule has 0 aromatic heterocycles. The van der Waals surface area contributed by atoms with E-state index in [4.69, 9.17) is 4.74 Å². The number of amides is 1. The van der Waals surface area contributed by atoms with Gasteiger partial charge in [-0.05, 0) is 19.3 Å². The second-order valence-electron chi connectivity index (χ2n) is 4.94. The number of ether oxygens (including phenoxy) is 1. The lowest BCUT2D eigenvalue weighted by atomic mass is 10.2. The first-order chi connectivity index (χ1) is 9.42. The summed E-state index contributed by atoms with van der Waals surface area (Å²) in [6, 6.07) is -0.652. The minimum absolute atomic E-state index is 0.0586. The summed E-state index contributed by atoms with van der Waals surface area (Å²) in [6.07, 6.45) is 0.947. The molecule has 1 heterocycles. The lowest BCUT2D eigenvalue weighted by molar-refractivity contribution is -0.124. The predicted molar refractivity (Wildman–Crippen MR) is 74.7 cm³/mol. The fourth-order valence-corrected chi connectivity index (χ4v) is 4.04. The van der Waals surface area contributed by atoms with Crippen LogP contribution < -0.4 is 5.32 Å². The van der Waals surface area contributed by atoms with E-state index in [9.17, 15) is 18.3 Å². The predicted octanol–water partition coefficient (Wildman–Crippen LogP) is -0.686. The average Bonchev–Trinajstić information content (AvgIpc) is 2.86. The average molecular weight is 308 g/mol. The van der Waals surface area contributed by atoms with E-state index >= 15 is 0 Å². The Morgan fingerprint density at radius 3 is 2.85 bits per heavy atom. The molecule has 2 unspecified atom stereocenters. The van der Waals surface area contributed by atoms with Gasteiger partial charge in [0, 0.05) is 20.2 Å². The summed E-state index contributed by atoms with van der Waals surface area (Å²) in [5.74, 6) is -0.291. The number of aliphatic hydroxyl groups excluding tert-OH is 1. The van der Waals surface area contributed by atoms with Gasteiger partial charge in [-0.1, -0.05) is 6.92 Å². The van der Waals surface area contributed by atoms with Gasteiger partial charge >= 0.3 is 0 Å². The number of hydrogen-bond donors (Lipinski definition) is 2. The molecule has 1 fully saturated rings. The van der Waals surface area contributed by atoms with Crippen LogP contribution in [0.4, 0.5) is 0 Å². The third-order valence-corrected chi connectivity index (χ3v) is 5.27. The van der Waals surface area contributed by atoms with E-state index in [-0.39, 0.29) is 24.8 Å². The Morgan fingerprint density at radius 1 is 1.55 bits per heavy atom. The fourth-order valence-electron chi connectivity index (χ4n) is 2.30. The van der Waals surface area contributed by atoms with Crippen molar-refractivity contribution in [2.45, 2.75) is 38.3 Å². The summed E-state index contributed by atoms with van der Waals surface area (Å²) < 4.78 is 30.2. The lowest BCUT2D eigenvalue weighted by Crippen LogP contribution is -2.48. The molecule has 0 aliphatic carbocycles. The molecule has 0 spiro atoms. The number of methoxy groups -OCH3 is 1. The van der Waals surface area contributed by atoms with Crippen molar-refractivity contribution < 1.29 is 23.1 Å². The molecule has 0 aromatic carbocycles. The van der Waals surface area contributed by atoms with Crippen LogP contribution in [0.2, 0.25) is 0 Å². The summed E-state index contributed by atoms with van der Waals surface area (Å²) in [7, 11) is -1.91. The van der Waals surface area contributed by atoms with Gasteiger partial charge in [-0.15, -0.1) is 0 Å². The van der Waals surface area contributed by atoms with Crippen LogP contribution in [-0.2, 0) is 19.6 Å². The van der Waals surface area contributed by atoms with Crippen LogP contribution in [0.5, 0.6) is 0 Å². The van der Waals surface area contributed by atoms with Gasteiger partial charge in [0.2, 0.25) is 15.9 Å². The first-order valence-electron chi connectivity index (χ1n) is 6.86. The molecule has 1 aliphatic rings. The smallest absolute Gasteiger partial charge is 0.238 e.